The summed E-state index contributed by atoms with van der Waals surface area (Å²) in [6.45, 7) is 2.86. The summed E-state index contributed by atoms with van der Waals surface area (Å²) < 4.78 is 5.71. The Labute approximate surface area is 165 Å². The lowest BCUT2D eigenvalue weighted by molar-refractivity contribution is -0.135. The van der Waals surface area contributed by atoms with Crippen molar-refractivity contribution in [3.8, 4) is 5.75 Å². The molecule has 2 aromatic rings. The van der Waals surface area contributed by atoms with E-state index in [-0.39, 0.29) is 11.9 Å². The number of carbonyl (C=O) groups is 1. The normalized spacial score (nSPS) is 17.1. The number of nitrogens with zero attached hydrogens (tertiary/aromatic N) is 2. The van der Waals surface area contributed by atoms with Gasteiger partial charge in [0.05, 0.1) is 25.3 Å². The SMILES string of the molecule is O=C(CCOc1ccc(Cl)cc1)N(Cc1ccccn1)C1CCCNCC1. The van der Waals surface area contributed by atoms with Crippen molar-refractivity contribution in [2.24, 2.45) is 0 Å². The van der Waals surface area contributed by atoms with Crippen molar-refractivity contribution in [1.82, 2.24) is 15.2 Å². The van der Waals surface area contributed by atoms with Crippen LogP contribution in [0.3, 0.4) is 0 Å². The molecule has 1 aromatic carbocycles. The van der Waals surface area contributed by atoms with Gasteiger partial charge in [-0.2, -0.15) is 0 Å². The van der Waals surface area contributed by atoms with E-state index in [1.807, 2.05) is 35.2 Å². The molecule has 3 rings (SSSR count). The molecule has 27 heavy (non-hydrogen) atoms. The summed E-state index contributed by atoms with van der Waals surface area (Å²) in [5.74, 6) is 0.837. The van der Waals surface area contributed by atoms with Crippen molar-refractivity contribution >= 4 is 17.5 Å². The lowest BCUT2D eigenvalue weighted by atomic mass is 10.1. The third kappa shape index (κ3) is 6.22. The lowest BCUT2D eigenvalue weighted by Crippen LogP contribution is -2.41. The fraction of sp³-hybridized carbons (Fsp3) is 0.429. The van der Waals surface area contributed by atoms with Crippen molar-refractivity contribution in [3.63, 3.8) is 0 Å². The zero-order chi connectivity index (χ0) is 18.9. The van der Waals surface area contributed by atoms with E-state index >= 15 is 0 Å². The van der Waals surface area contributed by atoms with Crippen LogP contribution in [0.25, 0.3) is 0 Å². The highest BCUT2D eigenvalue weighted by molar-refractivity contribution is 6.30. The van der Waals surface area contributed by atoms with Crippen LogP contribution in [0.5, 0.6) is 5.75 Å². The number of hydrogen-bond acceptors (Lipinski definition) is 4. The first-order chi connectivity index (χ1) is 13.2. The van der Waals surface area contributed by atoms with Crippen molar-refractivity contribution < 1.29 is 9.53 Å². The standard InChI is InChI=1S/C21H26ClN3O2/c22-17-6-8-20(9-7-17)27-15-11-21(26)25(16-18-4-1-2-13-24-18)19-5-3-12-23-14-10-19/h1-2,4,6-9,13,19,23H,3,5,10-12,14-16H2. The summed E-state index contributed by atoms with van der Waals surface area (Å²) in [6.07, 6.45) is 5.19. The summed E-state index contributed by atoms with van der Waals surface area (Å²) in [6, 6.07) is 13.3. The number of amides is 1. The van der Waals surface area contributed by atoms with E-state index in [0.717, 1.165) is 43.8 Å². The molecule has 0 spiro atoms. The molecule has 1 amide bonds. The molecule has 1 N–H and O–H groups in total. The number of halogens is 1. The number of carbonyl (C=O) groups excluding carboxylic acids is 1. The van der Waals surface area contributed by atoms with Gasteiger partial charge < -0.3 is 15.0 Å². The number of rotatable bonds is 7. The second-order valence-corrected chi connectivity index (χ2v) is 7.17. The first-order valence-electron chi connectivity index (χ1n) is 9.51. The average molecular weight is 388 g/mol. The van der Waals surface area contributed by atoms with Gasteiger partial charge in [0.15, 0.2) is 0 Å². The molecule has 1 aromatic heterocycles. The molecular formula is C21H26ClN3O2. The summed E-state index contributed by atoms with van der Waals surface area (Å²) >= 11 is 5.89. The van der Waals surface area contributed by atoms with Crippen molar-refractivity contribution in [3.05, 3.63) is 59.4 Å². The topological polar surface area (TPSA) is 54.5 Å². The third-order valence-electron chi connectivity index (χ3n) is 4.76. The maximum absolute atomic E-state index is 13.0. The molecule has 1 atom stereocenters. The van der Waals surface area contributed by atoms with Crippen LogP contribution < -0.4 is 10.1 Å². The van der Waals surface area contributed by atoms with Crippen LogP contribution >= 0.6 is 11.6 Å². The van der Waals surface area contributed by atoms with E-state index in [9.17, 15) is 4.79 Å². The number of hydrogen-bond donors (Lipinski definition) is 1. The zero-order valence-corrected chi connectivity index (χ0v) is 16.2. The first-order valence-corrected chi connectivity index (χ1v) is 9.88. The minimum absolute atomic E-state index is 0.113. The molecule has 1 fully saturated rings. The van der Waals surface area contributed by atoms with E-state index in [0.29, 0.717) is 24.6 Å². The maximum Gasteiger partial charge on any atom is 0.226 e. The van der Waals surface area contributed by atoms with E-state index in [1.54, 1.807) is 18.3 Å². The molecule has 2 heterocycles. The van der Waals surface area contributed by atoms with E-state index < -0.39 is 0 Å². The third-order valence-corrected chi connectivity index (χ3v) is 5.02. The van der Waals surface area contributed by atoms with Crippen LogP contribution in [-0.2, 0) is 11.3 Å². The lowest BCUT2D eigenvalue weighted by Gasteiger charge is -2.31. The molecule has 0 bridgehead atoms. The average Bonchev–Trinajstić information content (AvgIpc) is 2.98. The monoisotopic (exact) mass is 387 g/mol. The Balaban J connectivity index is 1.61. The molecule has 0 saturated carbocycles. The minimum atomic E-state index is 0.113. The van der Waals surface area contributed by atoms with Crippen molar-refractivity contribution in [2.75, 3.05) is 19.7 Å². The molecular weight excluding hydrogens is 362 g/mol. The molecule has 0 aliphatic carbocycles. The predicted octanol–water partition coefficient (Wildman–Crippen LogP) is 3.67. The molecule has 1 unspecified atom stereocenters. The van der Waals surface area contributed by atoms with Gasteiger partial charge in [-0.25, -0.2) is 0 Å². The zero-order valence-electron chi connectivity index (χ0n) is 15.4. The minimum Gasteiger partial charge on any atom is -0.493 e. The van der Waals surface area contributed by atoms with Crippen LogP contribution in [-0.4, -0.2) is 41.5 Å². The molecule has 1 saturated heterocycles. The first kappa shape index (κ1) is 19.6. The van der Waals surface area contributed by atoms with Gasteiger partial charge >= 0.3 is 0 Å². The summed E-state index contributed by atoms with van der Waals surface area (Å²) in [5.41, 5.74) is 0.918. The molecule has 5 nitrogen and oxygen atoms in total. The van der Waals surface area contributed by atoms with Gasteiger partial charge in [0.25, 0.3) is 0 Å². The summed E-state index contributed by atoms with van der Waals surface area (Å²) in [5, 5.41) is 4.08. The molecule has 6 heteroatoms. The second-order valence-electron chi connectivity index (χ2n) is 6.73. The van der Waals surface area contributed by atoms with Crippen LogP contribution in [0.4, 0.5) is 0 Å². The Bertz CT molecular complexity index is 701. The number of aromatic nitrogens is 1. The number of nitrogens with one attached hydrogen (secondary N) is 1. The Morgan fingerprint density at radius 1 is 1.19 bits per heavy atom. The number of pyridine rings is 1. The fourth-order valence-corrected chi connectivity index (χ4v) is 3.46. The van der Waals surface area contributed by atoms with Gasteiger partial charge in [-0.1, -0.05) is 17.7 Å². The Hall–Kier alpha value is -2.11. The van der Waals surface area contributed by atoms with Crippen molar-refractivity contribution in [1.29, 1.82) is 0 Å². The molecule has 144 valence electrons. The van der Waals surface area contributed by atoms with Crippen molar-refractivity contribution in [2.45, 2.75) is 38.3 Å². The van der Waals surface area contributed by atoms with Crippen LogP contribution in [0.15, 0.2) is 48.7 Å². The predicted molar refractivity (Wildman–Crippen MR) is 107 cm³/mol. The fourth-order valence-electron chi connectivity index (χ4n) is 3.33. The maximum atomic E-state index is 13.0. The summed E-state index contributed by atoms with van der Waals surface area (Å²) in [7, 11) is 0. The van der Waals surface area contributed by atoms with Crippen LogP contribution in [0, 0.1) is 0 Å². The van der Waals surface area contributed by atoms with Gasteiger partial charge in [-0.15, -0.1) is 0 Å². The van der Waals surface area contributed by atoms with Gasteiger partial charge in [0.2, 0.25) is 5.91 Å². The number of ether oxygens (including phenoxy) is 1. The van der Waals surface area contributed by atoms with Crippen LogP contribution in [0.1, 0.15) is 31.4 Å². The largest absolute Gasteiger partial charge is 0.493 e. The Morgan fingerprint density at radius 3 is 2.81 bits per heavy atom. The van der Waals surface area contributed by atoms with E-state index in [2.05, 4.69) is 10.3 Å². The van der Waals surface area contributed by atoms with Gasteiger partial charge in [0, 0.05) is 17.3 Å². The molecule has 1 aliphatic heterocycles. The highest BCUT2D eigenvalue weighted by Crippen LogP contribution is 2.19. The Morgan fingerprint density at radius 2 is 2.04 bits per heavy atom. The highest BCUT2D eigenvalue weighted by atomic mass is 35.5. The Kier molecular flexibility index (Phi) is 7.48. The highest BCUT2D eigenvalue weighted by Gasteiger charge is 2.25. The summed E-state index contributed by atoms with van der Waals surface area (Å²) in [4.78, 5) is 19.4. The molecule has 1 aliphatic rings. The second kappa shape index (κ2) is 10.3. The van der Waals surface area contributed by atoms with Crippen LogP contribution in [0.2, 0.25) is 5.02 Å². The molecule has 0 radical (unpaired) electrons. The smallest absolute Gasteiger partial charge is 0.226 e. The van der Waals surface area contributed by atoms with Gasteiger partial charge in [-0.05, 0) is 68.8 Å². The van der Waals surface area contributed by atoms with E-state index in [1.165, 1.54) is 0 Å². The van der Waals surface area contributed by atoms with E-state index in [4.69, 9.17) is 16.3 Å². The van der Waals surface area contributed by atoms with Gasteiger partial charge in [0.1, 0.15) is 5.75 Å². The quantitative estimate of drug-likeness (QED) is 0.787. The van der Waals surface area contributed by atoms with Gasteiger partial charge in [-0.3, -0.25) is 9.78 Å². The number of benzene rings is 1.